The van der Waals surface area contributed by atoms with Crippen molar-refractivity contribution >= 4 is 5.84 Å². The summed E-state index contributed by atoms with van der Waals surface area (Å²) in [5.41, 5.74) is 5.96. The summed E-state index contributed by atoms with van der Waals surface area (Å²) in [7, 11) is 0. The van der Waals surface area contributed by atoms with Gasteiger partial charge in [0.05, 0.1) is 0 Å². The first-order valence-corrected chi connectivity index (χ1v) is 5.89. The maximum atomic E-state index is 8.35. The molecular formula is C11H23N3O. The van der Waals surface area contributed by atoms with Gasteiger partial charge in [0.1, 0.15) is 5.84 Å². The van der Waals surface area contributed by atoms with Gasteiger partial charge in [0.15, 0.2) is 0 Å². The van der Waals surface area contributed by atoms with Crippen LogP contribution in [0.15, 0.2) is 5.16 Å². The molecule has 0 bridgehead atoms. The minimum absolute atomic E-state index is 0.325. The van der Waals surface area contributed by atoms with E-state index in [2.05, 4.69) is 17.4 Å². The number of oxime groups is 1. The molecule has 1 saturated carbocycles. The topological polar surface area (TPSA) is 70.6 Å². The van der Waals surface area contributed by atoms with Crippen LogP contribution in [-0.2, 0) is 0 Å². The minimum atomic E-state index is 0.325. The number of nitrogens with two attached hydrogens (primary N) is 1. The van der Waals surface area contributed by atoms with Gasteiger partial charge in [-0.15, -0.1) is 0 Å². The van der Waals surface area contributed by atoms with Crippen LogP contribution in [0.3, 0.4) is 0 Å². The van der Waals surface area contributed by atoms with Gasteiger partial charge >= 0.3 is 0 Å². The fourth-order valence-electron chi connectivity index (χ4n) is 2.13. The molecule has 1 aliphatic rings. The van der Waals surface area contributed by atoms with E-state index in [1.165, 1.54) is 25.7 Å². The third-order valence-electron chi connectivity index (χ3n) is 3.58. The van der Waals surface area contributed by atoms with Gasteiger partial charge in [-0.25, -0.2) is 0 Å². The number of hydrogen-bond acceptors (Lipinski definition) is 3. The molecule has 4 nitrogen and oxygen atoms in total. The van der Waals surface area contributed by atoms with Crippen molar-refractivity contribution in [3.8, 4) is 0 Å². The van der Waals surface area contributed by atoms with Crippen molar-refractivity contribution < 1.29 is 5.21 Å². The maximum Gasteiger partial charge on any atom is 0.139 e. The molecule has 4 heteroatoms. The molecule has 0 saturated heterocycles. The van der Waals surface area contributed by atoms with Gasteiger partial charge in [-0.3, -0.25) is 0 Å². The van der Waals surface area contributed by atoms with E-state index in [4.69, 9.17) is 10.9 Å². The van der Waals surface area contributed by atoms with Crippen LogP contribution in [0.2, 0.25) is 0 Å². The third kappa shape index (κ3) is 3.70. The summed E-state index contributed by atoms with van der Waals surface area (Å²) in [5.74, 6) is 0.325. The van der Waals surface area contributed by atoms with Crippen molar-refractivity contribution in [2.24, 2.45) is 16.3 Å². The van der Waals surface area contributed by atoms with E-state index in [1.54, 1.807) is 0 Å². The van der Waals surface area contributed by atoms with Gasteiger partial charge in [-0.2, -0.15) is 0 Å². The highest BCUT2D eigenvalue weighted by Crippen LogP contribution is 2.42. The van der Waals surface area contributed by atoms with Crippen molar-refractivity contribution in [2.75, 3.05) is 13.1 Å². The van der Waals surface area contributed by atoms with Gasteiger partial charge in [0.2, 0.25) is 0 Å². The van der Waals surface area contributed by atoms with Gasteiger partial charge in [0, 0.05) is 13.0 Å². The van der Waals surface area contributed by atoms with Crippen molar-refractivity contribution in [1.29, 1.82) is 0 Å². The van der Waals surface area contributed by atoms with Crippen molar-refractivity contribution in [3.05, 3.63) is 0 Å². The highest BCUT2D eigenvalue weighted by molar-refractivity contribution is 5.79. The van der Waals surface area contributed by atoms with Crippen LogP contribution in [0.25, 0.3) is 0 Å². The zero-order valence-corrected chi connectivity index (χ0v) is 9.63. The summed E-state index contributed by atoms with van der Waals surface area (Å²) in [6, 6.07) is 0. The largest absolute Gasteiger partial charge is 0.409 e. The highest BCUT2D eigenvalue weighted by Gasteiger charge is 2.34. The Kier molecular flexibility index (Phi) is 4.88. The lowest BCUT2D eigenvalue weighted by molar-refractivity contribution is 0.124. The van der Waals surface area contributed by atoms with Crippen LogP contribution >= 0.6 is 0 Å². The van der Waals surface area contributed by atoms with E-state index in [0.717, 1.165) is 19.5 Å². The molecule has 0 atom stereocenters. The normalized spacial score (nSPS) is 19.9. The van der Waals surface area contributed by atoms with E-state index in [9.17, 15) is 0 Å². The molecule has 1 fully saturated rings. The molecule has 0 amide bonds. The average Bonchev–Trinajstić information content (AvgIpc) is 2.20. The first-order valence-electron chi connectivity index (χ1n) is 5.89. The Morgan fingerprint density at radius 3 is 2.73 bits per heavy atom. The fourth-order valence-corrected chi connectivity index (χ4v) is 2.13. The zero-order chi connectivity index (χ0) is 11.1. The Morgan fingerprint density at radius 2 is 2.27 bits per heavy atom. The minimum Gasteiger partial charge on any atom is -0.409 e. The molecule has 0 heterocycles. The Bertz CT molecular complexity index is 206. The lowest BCUT2D eigenvalue weighted by Crippen LogP contribution is -2.39. The van der Waals surface area contributed by atoms with Crippen LogP contribution in [0.5, 0.6) is 0 Å². The second kappa shape index (κ2) is 5.95. The van der Waals surface area contributed by atoms with Crippen LogP contribution in [-0.4, -0.2) is 24.1 Å². The molecule has 0 unspecified atom stereocenters. The van der Waals surface area contributed by atoms with Gasteiger partial charge < -0.3 is 16.3 Å². The summed E-state index contributed by atoms with van der Waals surface area (Å²) in [4.78, 5) is 0. The molecule has 88 valence electrons. The van der Waals surface area contributed by atoms with Crippen molar-refractivity contribution in [2.45, 2.75) is 45.4 Å². The zero-order valence-electron chi connectivity index (χ0n) is 9.63. The molecule has 0 aromatic heterocycles. The number of hydrogen-bond donors (Lipinski definition) is 3. The number of nitrogens with zero attached hydrogens (tertiary/aromatic N) is 1. The second-order valence-electron chi connectivity index (χ2n) is 4.58. The summed E-state index contributed by atoms with van der Waals surface area (Å²) in [6.07, 6.45) is 7.02. The Balaban J connectivity index is 2.01. The molecule has 4 N–H and O–H groups in total. The first kappa shape index (κ1) is 12.3. The molecular weight excluding hydrogens is 190 g/mol. The van der Waals surface area contributed by atoms with Crippen molar-refractivity contribution in [1.82, 2.24) is 5.32 Å². The van der Waals surface area contributed by atoms with Crippen LogP contribution in [0.1, 0.15) is 45.4 Å². The SMILES string of the molecule is CCC1(CNCCCC(N)=NO)CCC1. The maximum absolute atomic E-state index is 8.35. The van der Waals surface area contributed by atoms with E-state index >= 15 is 0 Å². The van der Waals surface area contributed by atoms with Gasteiger partial charge in [-0.1, -0.05) is 18.5 Å². The fraction of sp³-hybridized carbons (Fsp3) is 0.909. The highest BCUT2D eigenvalue weighted by atomic mass is 16.4. The standard InChI is InChI=1S/C11H23N3O/c1-2-11(6-4-7-11)9-13-8-3-5-10(12)14-15/h13,15H,2-9H2,1H3,(H2,12,14). The lowest BCUT2D eigenvalue weighted by atomic mass is 9.67. The lowest BCUT2D eigenvalue weighted by Gasteiger charge is -2.41. The Hall–Kier alpha value is -0.770. The summed E-state index contributed by atoms with van der Waals surface area (Å²) in [6.45, 7) is 4.36. The number of nitrogens with one attached hydrogen (secondary N) is 1. The molecule has 1 aliphatic carbocycles. The first-order chi connectivity index (χ1) is 7.22. The molecule has 0 radical (unpaired) electrons. The molecule has 0 aliphatic heterocycles. The van der Waals surface area contributed by atoms with Crippen molar-refractivity contribution in [3.63, 3.8) is 0 Å². The van der Waals surface area contributed by atoms with E-state index < -0.39 is 0 Å². The van der Waals surface area contributed by atoms with E-state index in [-0.39, 0.29) is 0 Å². The molecule has 15 heavy (non-hydrogen) atoms. The Morgan fingerprint density at radius 1 is 1.53 bits per heavy atom. The van der Waals surface area contributed by atoms with E-state index in [0.29, 0.717) is 17.7 Å². The van der Waals surface area contributed by atoms with Crippen LogP contribution < -0.4 is 11.1 Å². The summed E-state index contributed by atoms with van der Waals surface area (Å²) >= 11 is 0. The third-order valence-corrected chi connectivity index (χ3v) is 3.58. The molecule has 0 aromatic carbocycles. The predicted octanol–water partition coefficient (Wildman–Crippen LogP) is 1.68. The second-order valence-corrected chi connectivity index (χ2v) is 4.58. The number of rotatable bonds is 7. The van der Waals surface area contributed by atoms with Crippen LogP contribution in [0.4, 0.5) is 0 Å². The average molecular weight is 213 g/mol. The van der Waals surface area contributed by atoms with Gasteiger partial charge in [-0.05, 0) is 37.6 Å². The monoisotopic (exact) mass is 213 g/mol. The number of amidine groups is 1. The smallest absolute Gasteiger partial charge is 0.139 e. The quantitative estimate of drug-likeness (QED) is 0.198. The van der Waals surface area contributed by atoms with E-state index in [1.807, 2.05) is 0 Å². The predicted molar refractivity (Wildman–Crippen MR) is 62.1 cm³/mol. The molecule has 0 aromatic rings. The van der Waals surface area contributed by atoms with Crippen LogP contribution in [0, 0.1) is 5.41 Å². The Labute approximate surface area is 91.9 Å². The molecule has 0 spiro atoms. The molecule has 1 rings (SSSR count). The summed E-state index contributed by atoms with van der Waals surface area (Å²) < 4.78 is 0. The summed E-state index contributed by atoms with van der Waals surface area (Å²) in [5, 5.41) is 14.8. The van der Waals surface area contributed by atoms with Gasteiger partial charge in [0.25, 0.3) is 0 Å².